The van der Waals surface area contributed by atoms with E-state index >= 15 is 4.39 Å². The summed E-state index contributed by atoms with van der Waals surface area (Å²) in [6, 6.07) is 29.2. The van der Waals surface area contributed by atoms with Gasteiger partial charge in [-0.1, -0.05) is 95.1 Å². The van der Waals surface area contributed by atoms with Crippen molar-refractivity contribution in [1.82, 2.24) is 0 Å². The van der Waals surface area contributed by atoms with E-state index < -0.39 is 10.8 Å². The zero-order valence-electron chi connectivity index (χ0n) is 29.2. The van der Waals surface area contributed by atoms with Gasteiger partial charge >= 0.3 is 0 Å². The molecular formula is C45H45FN2+2. The monoisotopic (exact) mass is 632 g/mol. The fourth-order valence-corrected chi connectivity index (χ4v) is 10.6. The molecule has 3 aliphatic rings. The van der Waals surface area contributed by atoms with Crippen molar-refractivity contribution in [2.75, 3.05) is 0 Å². The Morgan fingerprint density at radius 2 is 1.54 bits per heavy atom. The van der Waals surface area contributed by atoms with Crippen LogP contribution in [-0.4, -0.2) is 0 Å². The van der Waals surface area contributed by atoms with Crippen LogP contribution in [0.1, 0.15) is 93.7 Å². The van der Waals surface area contributed by atoms with Gasteiger partial charge in [0, 0.05) is 36.0 Å². The Labute approximate surface area is 283 Å². The second-order valence-corrected chi connectivity index (χ2v) is 15.2. The Hall–Kier alpha value is -4.37. The Morgan fingerprint density at radius 1 is 0.771 bits per heavy atom. The first-order valence-electron chi connectivity index (χ1n) is 18.1. The van der Waals surface area contributed by atoms with Crippen LogP contribution in [0.3, 0.4) is 0 Å². The van der Waals surface area contributed by atoms with Crippen LogP contribution in [-0.2, 0) is 29.3 Å². The van der Waals surface area contributed by atoms with Gasteiger partial charge in [0.15, 0.2) is 24.5 Å². The number of nitrogens with zero attached hydrogens (tertiary/aromatic N) is 2. The van der Waals surface area contributed by atoms with Gasteiger partial charge in [0.1, 0.15) is 11.2 Å². The molecule has 2 nitrogen and oxygen atoms in total. The molecule has 0 radical (unpaired) electrons. The Kier molecular flexibility index (Phi) is 6.24. The maximum absolute atomic E-state index is 16.7. The molecule has 1 atom stereocenters. The van der Waals surface area contributed by atoms with Crippen LogP contribution in [0.5, 0.6) is 0 Å². The lowest BCUT2D eigenvalue weighted by Crippen LogP contribution is -2.74. The summed E-state index contributed by atoms with van der Waals surface area (Å²) in [6.45, 7) is 14.5. The van der Waals surface area contributed by atoms with E-state index in [1.165, 1.54) is 66.3 Å². The second kappa shape index (κ2) is 10.1. The van der Waals surface area contributed by atoms with Gasteiger partial charge in [-0.3, -0.25) is 0 Å². The van der Waals surface area contributed by atoms with Crippen molar-refractivity contribution in [2.24, 2.45) is 0 Å². The maximum atomic E-state index is 16.7. The van der Waals surface area contributed by atoms with Crippen molar-refractivity contribution < 1.29 is 13.5 Å². The largest absolute Gasteiger partial charge is 0.221 e. The number of hydrogen-bond acceptors (Lipinski definition) is 0. The summed E-state index contributed by atoms with van der Waals surface area (Å²) in [5.41, 5.74) is 11.1. The number of benzene rings is 4. The smallest absolute Gasteiger partial charge is 0.207 e. The average molecular weight is 633 g/mol. The number of unbranched alkanes of at least 4 members (excludes halogenated alkanes) is 1. The normalized spacial score (nSPS) is 19.1. The summed E-state index contributed by atoms with van der Waals surface area (Å²) in [5, 5.41) is 5.20. The standard InChI is InChI=1S/C45H45FN2/c1-7-10-13-29-17-19-35-38-31(29)23-25-48-42(38)39-36(20-21-37(46)40(39)43(35,5)6)45(44(48,8-2)9-3)27-47-24-22-30-14-11-12-15-32(30)41(47)33-26-28(4)16-18-34(33)45/h11-12,14-26H,7-10,13,27H2,1-6H3/q+2. The van der Waals surface area contributed by atoms with E-state index in [-0.39, 0.29) is 11.4 Å². The van der Waals surface area contributed by atoms with Gasteiger partial charge in [-0.05, 0) is 71.0 Å². The predicted octanol–water partition coefficient (Wildman–Crippen LogP) is 10.2. The number of halogens is 1. The van der Waals surface area contributed by atoms with Crippen molar-refractivity contribution in [3.63, 3.8) is 0 Å². The molecule has 2 aromatic heterocycles. The highest BCUT2D eigenvalue weighted by Crippen LogP contribution is 2.61. The van der Waals surface area contributed by atoms with Crippen molar-refractivity contribution >= 4 is 21.5 Å². The molecule has 0 saturated carbocycles. The van der Waals surface area contributed by atoms with Crippen molar-refractivity contribution in [3.8, 4) is 22.5 Å². The fraction of sp³-hybridized carbons (Fsp3) is 0.333. The highest BCUT2D eigenvalue weighted by molar-refractivity contribution is 6.03. The van der Waals surface area contributed by atoms with Gasteiger partial charge in [0.25, 0.3) is 0 Å². The van der Waals surface area contributed by atoms with Crippen molar-refractivity contribution in [1.29, 1.82) is 0 Å². The van der Waals surface area contributed by atoms with Gasteiger partial charge < -0.3 is 0 Å². The molecule has 4 aromatic carbocycles. The predicted molar refractivity (Wildman–Crippen MR) is 194 cm³/mol. The Bertz CT molecular complexity index is 2340. The molecule has 48 heavy (non-hydrogen) atoms. The third-order valence-corrected chi connectivity index (χ3v) is 12.8. The topological polar surface area (TPSA) is 7.76 Å². The Balaban J connectivity index is 1.48. The van der Waals surface area contributed by atoms with Crippen LogP contribution in [0.4, 0.5) is 4.39 Å². The highest BCUT2D eigenvalue weighted by Gasteiger charge is 2.68. The van der Waals surface area contributed by atoms with E-state index in [1.54, 1.807) is 6.07 Å². The first-order chi connectivity index (χ1) is 23.2. The number of hydrogen-bond donors (Lipinski definition) is 0. The van der Waals surface area contributed by atoms with E-state index in [2.05, 4.69) is 136 Å². The first kappa shape index (κ1) is 29.7. The molecule has 9 rings (SSSR count). The molecule has 0 bridgehead atoms. The zero-order valence-corrected chi connectivity index (χ0v) is 29.2. The number of fused-ring (bicyclic) bond motifs is 7. The summed E-state index contributed by atoms with van der Waals surface area (Å²) in [4.78, 5) is 0. The Morgan fingerprint density at radius 3 is 2.33 bits per heavy atom. The van der Waals surface area contributed by atoms with Crippen LogP contribution in [0, 0.1) is 12.7 Å². The van der Waals surface area contributed by atoms with Crippen LogP contribution >= 0.6 is 0 Å². The quantitative estimate of drug-likeness (QED) is 0.167. The summed E-state index contributed by atoms with van der Waals surface area (Å²) >= 11 is 0. The molecule has 1 aliphatic carbocycles. The minimum atomic E-state index is -0.491. The molecular weight excluding hydrogens is 588 g/mol. The maximum Gasteiger partial charge on any atom is 0.221 e. The van der Waals surface area contributed by atoms with Crippen LogP contribution in [0.15, 0.2) is 91.3 Å². The second-order valence-electron chi connectivity index (χ2n) is 15.2. The minimum Gasteiger partial charge on any atom is -0.207 e. The number of aryl methyl sites for hydroxylation is 2. The molecule has 0 N–H and O–H groups in total. The molecule has 3 heteroatoms. The molecule has 1 spiro atoms. The molecule has 0 saturated heterocycles. The third kappa shape index (κ3) is 3.43. The highest BCUT2D eigenvalue weighted by atomic mass is 19.1. The summed E-state index contributed by atoms with van der Waals surface area (Å²) in [7, 11) is 0. The molecule has 240 valence electrons. The van der Waals surface area contributed by atoms with Crippen LogP contribution in [0.25, 0.3) is 44.1 Å². The molecule has 6 aromatic rings. The molecule has 1 unspecified atom stereocenters. The SMILES string of the molecule is CCCCc1ccc2c3c4[n+](ccc13)C(CC)(CC)C1(C[n+]3ccc5ccccc5c3-c3cc(C)ccc31)c1ccc(F)c(c1-4)C2(C)C. The fourth-order valence-electron chi connectivity index (χ4n) is 10.6. The number of aromatic nitrogens is 2. The van der Waals surface area contributed by atoms with Crippen LogP contribution in [0.2, 0.25) is 0 Å². The van der Waals surface area contributed by atoms with Gasteiger partial charge in [0.2, 0.25) is 11.4 Å². The van der Waals surface area contributed by atoms with Gasteiger partial charge in [-0.25, -0.2) is 4.39 Å². The van der Waals surface area contributed by atoms with Gasteiger partial charge in [0.05, 0.1) is 21.9 Å². The molecule has 0 amide bonds. The van der Waals surface area contributed by atoms with Crippen LogP contribution < -0.4 is 9.13 Å². The van der Waals surface area contributed by atoms with Crippen molar-refractivity contribution in [3.05, 3.63) is 130 Å². The van der Waals surface area contributed by atoms with E-state index in [9.17, 15) is 0 Å². The lowest BCUT2D eigenvalue weighted by molar-refractivity contribution is -0.786. The summed E-state index contributed by atoms with van der Waals surface area (Å²) in [5.74, 6) is -0.0994. The first-order valence-corrected chi connectivity index (χ1v) is 18.1. The lowest BCUT2D eigenvalue weighted by atomic mass is 9.52. The van der Waals surface area contributed by atoms with Gasteiger partial charge in [-0.15, -0.1) is 0 Å². The van der Waals surface area contributed by atoms with E-state index in [1.807, 2.05) is 0 Å². The van der Waals surface area contributed by atoms with E-state index in [0.717, 1.165) is 49.8 Å². The third-order valence-electron chi connectivity index (χ3n) is 12.8. The average Bonchev–Trinajstić information content (AvgIpc) is 3.09. The molecule has 4 heterocycles. The lowest BCUT2D eigenvalue weighted by Gasteiger charge is -2.52. The number of rotatable bonds is 5. The van der Waals surface area contributed by atoms with E-state index in [0.29, 0.717) is 0 Å². The summed E-state index contributed by atoms with van der Waals surface area (Å²) < 4.78 is 21.8. The molecule has 0 fully saturated rings. The van der Waals surface area contributed by atoms with Crippen molar-refractivity contribution in [2.45, 2.75) is 96.6 Å². The molecule has 2 aliphatic heterocycles. The minimum absolute atomic E-state index is 0.0994. The summed E-state index contributed by atoms with van der Waals surface area (Å²) in [6.07, 6.45) is 9.97. The number of pyridine rings is 2. The van der Waals surface area contributed by atoms with E-state index in [4.69, 9.17) is 0 Å². The zero-order chi connectivity index (χ0) is 33.2. The van der Waals surface area contributed by atoms with Gasteiger partial charge in [-0.2, -0.15) is 9.13 Å².